The molecule has 0 saturated heterocycles. The fourth-order valence-electron chi connectivity index (χ4n) is 0.300. The Balaban J connectivity index is 3.21. The fourth-order valence-corrected chi connectivity index (χ4v) is 0.300. The van der Waals surface area contributed by atoms with Crippen LogP contribution in [0.4, 0.5) is 8.78 Å². The fraction of sp³-hybridized carbons (Fsp3) is 1.00. The van der Waals surface area contributed by atoms with Gasteiger partial charge in [0.15, 0.2) is 0 Å². The number of hydrogen-bond acceptors (Lipinski definition) is 4. The third-order valence-electron chi connectivity index (χ3n) is 0.702. The van der Waals surface area contributed by atoms with E-state index in [1.165, 1.54) is 0 Å². The molecule has 0 saturated carbocycles. The van der Waals surface area contributed by atoms with Crippen LogP contribution < -0.4 is 5.73 Å². The van der Waals surface area contributed by atoms with E-state index in [0.29, 0.717) is 0 Å². The number of hydrogen-bond donors (Lipinski definition) is 3. The highest BCUT2D eigenvalue weighted by Crippen LogP contribution is 2.08. The van der Waals surface area contributed by atoms with Crippen molar-refractivity contribution in [2.75, 3.05) is 6.61 Å². The largest absolute Gasteiger partial charge is 0.633 e. The Hall–Kier alpha value is -0.235. The summed E-state index contributed by atoms with van der Waals surface area (Å²) >= 11 is 0. The molecule has 0 fully saturated rings. The number of halogens is 2. The van der Waals surface area contributed by atoms with E-state index in [4.69, 9.17) is 10.0 Å². The minimum atomic E-state index is -3.31. The maximum absolute atomic E-state index is 11.7. The van der Waals surface area contributed by atoms with Crippen molar-refractivity contribution in [3.63, 3.8) is 0 Å². The molecule has 0 unspecified atom stereocenters. The zero-order chi connectivity index (χ0) is 8.20. The summed E-state index contributed by atoms with van der Waals surface area (Å²) < 4.78 is 27.4. The van der Waals surface area contributed by atoms with Crippen LogP contribution in [-0.2, 0) is 4.65 Å². The summed E-state index contributed by atoms with van der Waals surface area (Å²) in [6, 6.07) is -3.31. The summed E-state index contributed by atoms with van der Waals surface area (Å²) in [5, 5.41) is 16.0. The van der Waals surface area contributed by atoms with Gasteiger partial charge in [-0.25, -0.2) is 0 Å². The number of nitrogens with two attached hydrogens (primary N) is 1. The predicted octanol–water partition coefficient (Wildman–Crippen LogP) is -1.09. The van der Waals surface area contributed by atoms with Crippen LogP contribution in [0.25, 0.3) is 0 Å². The van der Waals surface area contributed by atoms with Gasteiger partial charge in [-0.05, 0) is 0 Å². The smallest absolute Gasteiger partial charge is 0.402 e. The molecule has 0 aliphatic heterocycles. The summed E-state index contributed by atoms with van der Waals surface area (Å²) in [5.41, 5.74) is 4.25. The molecule has 0 aliphatic rings. The van der Waals surface area contributed by atoms with E-state index in [1.807, 2.05) is 0 Å². The number of alkyl halides is 2. The Morgan fingerprint density at radius 1 is 1.50 bits per heavy atom. The Morgan fingerprint density at radius 2 is 2.00 bits per heavy atom. The monoisotopic (exact) mass is 155 g/mol. The van der Waals surface area contributed by atoms with Crippen molar-refractivity contribution in [1.82, 2.24) is 0 Å². The summed E-state index contributed by atoms with van der Waals surface area (Å²) in [5.74, 6) is 0. The van der Waals surface area contributed by atoms with Crippen LogP contribution in [0.2, 0.25) is 0 Å². The van der Waals surface area contributed by atoms with Gasteiger partial charge in [0.25, 0.3) is 0 Å². The van der Waals surface area contributed by atoms with Crippen LogP contribution in [0.5, 0.6) is 0 Å². The molecule has 0 aromatic rings. The molecule has 0 amide bonds. The molecule has 7 heteroatoms. The lowest BCUT2D eigenvalue weighted by atomic mass is 10.2. The first-order valence-electron chi connectivity index (χ1n) is 2.56. The van der Waals surface area contributed by atoms with Crippen LogP contribution in [0.3, 0.4) is 0 Å². The normalized spacial score (nSPS) is 11.7. The Kier molecular flexibility index (Phi) is 3.73. The highest BCUT2D eigenvalue weighted by molar-refractivity contribution is 6.32. The summed E-state index contributed by atoms with van der Waals surface area (Å²) in [6.07, 6.45) is -0.732. The van der Waals surface area contributed by atoms with Crippen LogP contribution in [-0.4, -0.2) is 30.0 Å². The quantitative estimate of drug-likeness (QED) is 0.356. The van der Waals surface area contributed by atoms with E-state index in [2.05, 4.69) is 10.4 Å². The van der Waals surface area contributed by atoms with Crippen LogP contribution in [0, 0.1) is 0 Å². The highest BCUT2D eigenvalue weighted by Gasteiger charge is 2.22. The first kappa shape index (κ1) is 9.76. The summed E-state index contributed by atoms with van der Waals surface area (Å²) in [7, 11) is -2.01. The third kappa shape index (κ3) is 7.76. The predicted molar refractivity (Wildman–Crippen MR) is 29.9 cm³/mol. The molecular formula is C3H8BF2NO3. The third-order valence-corrected chi connectivity index (χ3v) is 0.702. The van der Waals surface area contributed by atoms with Crippen molar-refractivity contribution in [1.29, 1.82) is 0 Å². The molecular weight excluding hydrogens is 147 g/mol. The van der Waals surface area contributed by atoms with E-state index < -0.39 is 26.4 Å². The van der Waals surface area contributed by atoms with E-state index in [0.717, 1.165) is 0 Å². The molecule has 0 rings (SSSR count). The van der Waals surface area contributed by atoms with Gasteiger partial charge >= 0.3 is 13.4 Å². The van der Waals surface area contributed by atoms with Crippen molar-refractivity contribution in [3.8, 4) is 0 Å². The van der Waals surface area contributed by atoms with Crippen LogP contribution >= 0.6 is 0 Å². The van der Waals surface area contributed by atoms with Crippen molar-refractivity contribution in [2.24, 2.45) is 5.73 Å². The lowest BCUT2D eigenvalue weighted by Gasteiger charge is -2.08. The highest BCUT2D eigenvalue weighted by atomic mass is 19.3. The molecule has 0 aliphatic carbocycles. The first-order valence-corrected chi connectivity index (χ1v) is 2.56. The molecule has 4 N–H and O–H groups in total. The van der Waals surface area contributed by atoms with E-state index in [9.17, 15) is 8.78 Å². The molecule has 0 radical (unpaired) electrons. The average Bonchev–Trinajstić information content (AvgIpc) is 1.59. The van der Waals surface area contributed by atoms with Gasteiger partial charge in [0, 0.05) is 13.0 Å². The van der Waals surface area contributed by atoms with Gasteiger partial charge in [-0.3, -0.25) is 5.73 Å². The second-order valence-electron chi connectivity index (χ2n) is 1.71. The van der Waals surface area contributed by atoms with Gasteiger partial charge in [0.1, 0.15) is 0 Å². The Morgan fingerprint density at radius 3 is 2.30 bits per heavy atom. The minimum absolute atomic E-state index is 0.485. The lowest BCUT2D eigenvalue weighted by molar-refractivity contribution is -0.0162. The van der Waals surface area contributed by atoms with Crippen LogP contribution in [0.15, 0.2) is 0 Å². The Bertz CT molecular complexity index is 96.2. The van der Waals surface area contributed by atoms with Gasteiger partial charge in [0.2, 0.25) is 0 Å². The maximum Gasteiger partial charge on any atom is 0.633 e. The Labute approximate surface area is 56.8 Å². The molecule has 4 nitrogen and oxygen atoms in total. The first-order chi connectivity index (χ1) is 4.42. The van der Waals surface area contributed by atoms with E-state index >= 15 is 0 Å². The van der Waals surface area contributed by atoms with Gasteiger partial charge in [-0.15, -0.1) is 0 Å². The second-order valence-corrected chi connectivity index (χ2v) is 1.71. The lowest BCUT2D eigenvalue weighted by Crippen LogP contribution is -2.31. The number of rotatable bonds is 4. The average molecular weight is 155 g/mol. The van der Waals surface area contributed by atoms with Crippen LogP contribution in [0.1, 0.15) is 6.42 Å². The summed E-state index contributed by atoms with van der Waals surface area (Å²) in [4.78, 5) is 0. The zero-order valence-electron chi connectivity index (χ0n) is 5.13. The van der Waals surface area contributed by atoms with Gasteiger partial charge < -0.3 is 14.7 Å². The molecule has 0 heterocycles. The van der Waals surface area contributed by atoms with Gasteiger partial charge in [-0.2, -0.15) is 8.78 Å². The van der Waals surface area contributed by atoms with Crippen molar-refractivity contribution >= 4 is 7.32 Å². The van der Waals surface area contributed by atoms with E-state index in [-0.39, 0.29) is 0 Å². The molecule has 0 aromatic carbocycles. The molecule has 10 heavy (non-hydrogen) atoms. The standard InChI is InChI=1S/C3H8BF2NO3/c5-3(6,7)1-2-10-4(8)9/h8-9H,1-2,7H2. The minimum Gasteiger partial charge on any atom is -0.402 e. The van der Waals surface area contributed by atoms with Gasteiger partial charge in [0.05, 0.1) is 0 Å². The molecule has 0 aromatic heterocycles. The van der Waals surface area contributed by atoms with E-state index in [1.54, 1.807) is 0 Å². The van der Waals surface area contributed by atoms with Crippen molar-refractivity contribution < 1.29 is 23.5 Å². The molecule has 0 atom stereocenters. The van der Waals surface area contributed by atoms with Crippen molar-refractivity contribution in [2.45, 2.75) is 12.5 Å². The summed E-state index contributed by atoms with van der Waals surface area (Å²) in [6.45, 7) is -0.485. The molecule has 60 valence electrons. The molecule has 0 bridgehead atoms. The second kappa shape index (κ2) is 3.82. The topological polar surface area (TPSA) is 75.7 Å². The SMILES string of the molecule is NC(F)(F)CCOB(O)O. The van der Waals surface area contributed by atoms with Crippen molar-refractivity contribution in [3.05, 3.63) is 0 Å². The zero-order valence-corrected chi connectivity index (χ0v) is 5.13. The maximum atomic E-state index is 11.7. The van der Waals surface area contributed by atoms with Gasteiger partial charge in [-0.1, -0.05) is 0 Å². The molecule has 0 spiro atoms.